The minimum Gasteiger partial charge on any atom is -0.306 e. The van der Waals surface area contributed by atoms with Crippen molar-refractivity contribution in [2.45, 2.75) is 31.3 Å². The summed E-state index contributed by atoms with van der Waals surface area (Å²) in [5.41, 5.74) is 0.678. The Kier molecular flexibility index (Phi) is 4.27. The van der Waals surface area contributed by atoms with E-state index in [2.05, 4.69) is 16.8 Å². The van der Waals surface area contributed by atoms with Crippen LogP contribution < -0.4 is 4.90 Å². The molecule has 0 aromatic heterocycles. The standard InChI is InChI=1S/C17H23N3O2/c1-18-10-8-13(9-11-18)19(2)15-12-16(21)20(17(15)22)14-6-4-3-5-7-14/h3-7,13,15H,8-12H2,1-2H3. The summed E-state index contributed by atoms with van der Waals surface area (Å²) in [6.45, 7) is 2.10. The number of para-hydroxylation sites is 1. The fourth-order valence-corrected chi connectivity index (χ4v) is 3.44. The van der Waals surface area contributed by atoms with Crippen molar-refractivity contribution in [3.8, 4) is 0 Å². The van der Waals surface area contributed by atoms with E-state index in [4.69, 9.17) is 0 Å². The molecule has 0 spiro atoms. The Morgan fingerprint density at radius 2 is 1.73 bits per heavy atom. The van der Waals surface area contributed by atoms with Gasteiger partial charge in [0.25, 0.3) is 5.91 Å². The summed E-state index contributed by atoms with van der Waals surface area (Å²) in [6.07, 6.45) is 2.39. The SMILES string of the molecule is CN1CCC(N(C)C2CC(=O)N(c3ccccc3)C2=O)CC1. The van der Waals surface area contributed by atoms with Gasteiger partial charge in [-0.2, -0.15) is 0 Å². The highest BCUT2D eigenvalue weighted by molar-refractivity contribution is 6.22. The lowest BCUT2D eigenvalue weighted by atomic mass is 10.0. The minimum absolute atomic E-state index is 0.0855. The van der Waals surface area contributed by atoms with E-state index in [1.807, 2.05) is 37.4 Å². The Morgan fingerprint density at radius 1 is 1.09 bits per heavy atom. The fraction of sp³-hybridized carbons (Fsp3) is 0.529. The lowest BCUT2D eigenvalue weighted by Gasteiger charge is -2.37. The van der Waals surface area contributed by atoms with Crippen LogP contribution in [0.3, 0.4) is 0 Å². The van der Waals surface area contributed by atoms with Crippen molar-refractivity contribution < 1.29 is 9.59 Å². The molecule has 1 unspecified atom stereocenters. The average molecular weight is 301 g/mol. The van der Waals surface area contributed by atoms with E-state index in [1.54, 1.807) is 0 Å². The Labute approximate surface area is 131 Å². The molecule has 2 heterocycles. The molecular weight excluding hydrogens is 278 g/mol. The molecule has 118 valence electrons. The number of carbonyl (C=O) groups excluding carboxylic acids is 2. The molecule has 2 aliphatic heterocycles. The van der Waals surface area contributed by atoms with E-state index in [-0.39, 0.29) is 24.3 Å². The zero-order chi connectivity index (χ0) is 15.7. The van der Waals surface area contributed by atoms with Gasteiger partial charge in [0.2, 0.25) is 5.91 Å². The van der Waals surface area contributed by atoms with E-state index in [0.717, 1.165) is 25.9 Å². The molecular formula is C17H23N3O2. The number of benzene rings is 1. The average Bonchev–Trinajstić information content (AvgIpc) is 2.83. The third kappa shape index (κ3) is 2.78. The molecule has 22 heavy (non-hydrogen) atoms. The summed E-state index contributed by atoms with van der Waals surface area (Å²) in [5.74, 6) is -0.182. The molecule has 2 saturated heterocycles. The highest BCUT2D eigenvalue weighted by Gasteiger charge is 2.43. The van der Waals surface area contributed by atoms with Crippen molar-refractivity contribution in [1.29, 1.82) is 0 Å². The molecule has 5 nitrogen and oxygen atoms in total. The maximum atomic E-state index is 12.7. The van der Waals surface area contributed by atoms with Crippen LogP contribution >= 0.6 is 0 Å². The predicted molar refractivity (Wildman–Crippen MR) is 85.6 cm³/mol. The quantitative estimate of drug-likeness (QED) is 0.791. The molecule has 1 aromatic rings. The highest BCUT2D eigenvalue weighted by Crippen LogP contribution is 2.27. The van der Waals surface area contributed by atoms with Crippen molar-refractivity contribution in [3.63, 3.8) is 0 Å². The van der Waals surface area contributed by atoms with E-state index >= 15 is 0 Å². The van der Waals surface area contributed by atoms with E-state index in [0.29, 0.717) is 11.7 Å². The first-order chi connectivity index (χ1) is 10.6. The van der Waals surface area contributed by atoms with Gasteiger partial charge in [-0.3, -0.25) is 14.5 Å². The van der Waals surface area contributed by atoms with Gasteiger partial charge in [0.1, 0.15) is 0 Å². The molecule has 0 N–H and O–H groups in total. The van der Waals surface area contributed by atoms with Gasteiger partial charge >= 0.3 is 0 Å². The third-order valence-corrected chi connectivity index (χ3v) is 4.89. The zero-order valence-corrected chi connectivity index (χ0v) is 13.2. The van der Waals surface area contributed by atoms with Gasteiger partial charge in [0.05, 0.1) is 18.2 Å². The lowest BCUT2D eigenvalue weighted by Crippen LogP contribution is -2.49. The van der Waals surface area contributed by atoms with Gasteiger partial charge in [0.15, 0.2) is 0 Å². The van der Waals surface area contributed by atoms with Crippen LogP contribution in [0.1, 0.15) is 19.3 Å². The van der Waals surface area contributed by atoms with Crippen LogP contribution in [0.15, 0.2) is 30.3 Å². The molecule has 2 amide bonds. The van der Waals surface area contributed by atoms with Crippen LogP contribution in [0, 0.1) is 0 Å². The largest absolute Gasteiger partial charge is 0.306 e. The zero-order valence-electron chi connectivity index (χ0n) is 13.2. The Hall–Kier alpha value is -1.72. The first kappa shape index (κ1) is 15.2. The number of amides is 2. The second kappa shape index (κ2) is 6.18. The van der Waals surface area contributed by atoms with Gasteiger partial charge in [-0.25, -0.2) is 4.90 Å². The summed E-state index contributed by atoms with van der Waals surface area (Å²) in [4.78, 5) is 30.8. The van der Waals surface area contributed by atoms with Gasteiger partial charge < -0.3 is 4.90 Å². The molecule has 5 heteroatoms. The summed E-state index contributed by atoms with van der Waals surface area (Å²) in [7, 11) is 4.11. The molecule has 0 bridgehead atoms. The van der Waals surface area contributed by atoms with Crippen LogP contribution in [0.4, 0.5) is 5.69 Å². The number of hydrogen-bond acceptors (Lipinski definition) is 4. The van der Waals surface area contributed by atoms with Crippen LogP contribution in [0.25, 0.3) is 0 Å². The van der Waals surface area contributed by atoms with Gasteiger partial charge in [-0.15, -0.1) is 0 Å². The predicted octanol–water partition coefficient (Wildman–Crippen LogP) is 1.34. The minimum atomic E-state index is -0.318. The first-order valence-electron chi connectivity index (χ1n) is 7.90. The number of carbonyl (C=O) groups is 2. The summed E-state index contributed by atoms with van der Waals surface area (Å²) < 4.78 is 0. The summed E-state index contributed by atoms with van der Waals surface area (Å²) >= 11 is 0. The second-order valence-corrected chi connectivity index (χ2v) is 6.32. The molecule has 2 aliphatic rings. The maximum absolute atomic E-state index is 12.7. The monoisotopic (exact) mass is 301 g/mol. The van der Waals surface area contributed by atoms with Crippen molar-refractivity contribution in [2.75, 3.05) is 32.1 Å². The highest BCUT2D eigenvalue weighted by atomic mass is 16.2. The van der Waals surface area contributed by atoms with Crippen molar-refractivity contribution in [2.24, 2.45) is 0 Å². The number of hydrogen-bond donors (Lipinski definition) is 0. The molecule has 3 rings (SSSR count). The normalized spacial score (nSPS) is 24.5. The van der Waals surface area contributed by atoms with Crippen LogP contribution in [-0.2, 0) is 9.59 Å². The van der Waals surface area contributed by atoms with Crippen molar-refractivity contribution in [1.82, 2.24) is 9.80 Å². The molecule has 0 aliphatic carbocycles. The summed E-state index contributed by atoms with van der Waals surface area (Å²) in [5, 5.41) is 0. The van der Waals surface area contributed by atoms with Crippen molar-refractivity contribution in [3.05, 3.63) is 30.3 Å². The second-order valence-electron chi connectivity index (χ2n) is 6.32. The number of likely N-dealkylation sites (N-methyl/N-ethyl adjacent to an activating group) is 1. The third-order valence-electron chi connectivity index (χ3n) is 4.89. The number of rotatable bonds is 3. The number of imide groups is 1. The topological polar surface area (TPSA) is 43.9 Å². The maximum Gasteiger partial charge on any atom is 0.251 e. The number of nitrogens with zero attached hydrogens (tertiary/aromatic N) is 3. The number of anilines is 1. The Balaban J connectivity index is 1.73. The van der Waals surface area contributed by atoms with Crippen LogP contribution in [-0.4, -0.2) is 60.9 Å². The van der Waals surface area contributed by atoms with Crippen LogP contribution in [0.5, 0.6) is 0 Å². The molecule has 0 saturated carbocycles. The Bertz CT molecular complexity index is 552. The number of piperidine rings is 1. The number of likely N-dealkylation sites (tertiary alicyclic amines) is 1. The molecule has 2 fully saturated rings. The summed E-state index contributed by atoms with van der Waals surface area (Å²) in [6, 6.07) is 9.28. The fourth-order valence-electron chi connectivity index (χ4n) is 3.44. The molecule has 1 atom stereocenters. The van der Waals surface area contributed by atoms with E-state index in [1.165, 1.54) is 4.90 Å². The van der Waals surface area contributed by atoms with Crippen LogP contribution in [0.2, 0.25) is 0 Å². The lowest BCUT2D eigenvalue weighted by molar-refractivity contribution is -0.123. The van der Waals surface area contributed by atoms with Gasteiger partial charge in [-0.05, 0) is 52.2 Å². The first-order valence-corrected chi connectivity index (χ1v) is 7.90. The van der Waals surface area contributed by atoms with E-state index < -0.39 is 0 Å². The van der Waals surface area contributed by atoms with Crippen molar-refractivity contribution >= 4 is 17.5 Å². The Morgan fingerprint density at radius 3 is 2.36 bits per heavy atom. The molecule has 1 aromatic carbocycles. The molecule has 0 radical (unpaired) electrons. The van der Waals surface area contributed by atoms with E-state index in [9.17, 15) is 9.59 Å². The van der Waals surface area contributed by atoms with Gasteiger partial charge in [0, 0.05) is 6.04 Å². The smallest absolute Gasteiger partial charge is 0.251 e. The van der Waals surface area contributed by atoms with Gasteiger partial charge in [-0.1, -0.05) is 18.2 Å².